The van der Waals surface area contributed by atoms with E-state index < -0.39 is 5.97 Å². The molecule has 0 unspecified atom stereocenters. The number of nitrogens with zero attached hydrogens (tertiary/aromatic N) is 2. The Morgan fingerprint density at radius 1 is 0.588 bits per heavy atom. The predicted molar refractivity (Wildman–Crippen MR) is 132 cm³/mol. The summed E-state index contributed by atoms with van der Waals surface area (Å²) in [7, 11) is 0. The van der Waals surface area contributed by atoms with E-state index in [0.717, 1.165) is 44.8 Å². The molecule has 2 aliphatic rings. The van der Waals surface area contributed by atoms with Gasteiger partial charge in [0.05, 0.1) is 28.3 Å². The maximum absolute atomic E-state index is 10.2. The standard InChI is InChI=1S/C20H14N4.C7H6O2.Mn/c1-2-14-10-16-5-6-18(23-16)12-20-8-7-19(24-20)11-17-4-3-15(22-17)9-13(1)21-14;8-7(9)6-4-2-1-3-5-6;/h1-12,21-22H;1-5H,(H,8,9);. The van der Waals surface area contributed by atoms with Crippen molar-refractivity contribution in [2.45, 2.75) is 0 Å². The number of fused-ring (bicyclic) bond motifs is 8. The number of nitrogens with one attached hydrogen (secondary N) is 2. The van der Waals surface area contributed by atoms with Crippen LogP contribution in [0.15, 0.2) is 78.9 Å². The molecule has 3 aromatic heterocycles. The van der Waals surface area contributed by atoms with E-state index in [1.807, 2.05) is 42.5 Å². The Labute approximate surface area is 206 Å². The molecule has 4 aromatic rings. The zero-order chi connectivity index (χ0) is 22.6. The molecular formula is C27H20MnN4O2. The molecule has 8 bridgehead atoms. The summed E-state index contributed by atoms with van der Waals surface area (Å²) in [4.78, 5) is 26.2. The van der Waals surface area contributed by atoms with E-state index in [1.165, 1.54) is 0 Å². The van der Waals surface area contributed by atoms with E-state index in [0.29, 0.717) is 5.56 Å². The Morgan fingerprint density at radius 2 is 1.00 bits per heavy atom. The fraction of sp³-hybridized carbons (Fsp3) is 0. The van der Waals surface area contributed by atoms with Gasteiger partial charge >= 0.3 is 5.97 Å². The fourth-order valence-electron chi connectivity index (χ4n) is 3.52. The van der Waals surface area contributed by atoms with Crippen molar-refractivity contribution >= 4 is 52.3 Å². The summed E-state index contributed by atoms with van der Waals surface area (Å²) in [6.07, 6.45) is 8.05. The third-order valence-corrected chi connectivity index (χ3v) is 5.06. The first-order valence-corrected chi connectivity index (χ1v) is 10.4. The summed E-state index contributed by atoms with van der Waals surface area (Å²) in [5, 5.41) is 8.38. The van der Waals surface area contributed by atoms with Gasteiger partial charge < -0.3 is 15.1 Å². The second kappa shape index (κ2) is 10.2. The smallest absolute Gasteiger partial charge is 0.335 e. The Kier molecular flexibility index (Phi) is 6.87. The molecule has 0 aliphatic carbocycles. The SMILES string of the molecule is C1=Cc2cc3ccc(cc4ccc(cc5nc(cc1n2)C=C5)[nH]4)[nH]3.O=C(O)c1ccccc1.[Mn]. The molecule has 1 aromatic carbocycles. The number of H-pyrrole nitrogens is 2. The number of aromatic amines is 2. The van der Waals surface area contributed by atoms with E-state index >= 15 is 0 Å². The van der Waals surface area contributed by atoms with Crippen LogP contribution in [0.1, 0.15) is 33.1 Å². The molecular weight excluding hydrogens is 467 g/mol. The number of benzene rings is 1. The van der Waals surface area contributed by atoms with Gasteiger partial charge in [-0.1, -0.05) is 18.2 Å². The van der Waals surface area contributed by atoms with Crippen LogP contribution < -0.4 is 0 Å². The van der Waals surface area contributed by atoms with Crippen molar-refractivity contribution in [1.82, 2.24) is 19.9 Å². The van der Waals surface area contributed by atoms with Crippen LogP contribution in [0.2, 0.25) is 0 Å². The number of carbonyl (C=O) groups is 1. The number of aromatic carboxylic acids is 1. The molecule has 5 heterocycles. The van der Waals surface area contributed by atoms with E-state index in [9.17, 15) is 4.79 Å². The molecule has 0 saturated carbocycles. The summed E-state index contributed by atoms with van der Waals surface area (Å²) in [6, 6.07) is 24.7. The van der Waals surface area contributed by atoms with Crippen LogP contribution in [-0.4, -0.2) is 31.0 Å². The zero-order valence-electron chi connectivity index (χ0n) is 17.9. The normalized spacial score (nSPS) is 11.3. The van der Waals surface area contributed by atoms with Gasteiger partial charge in [0, 0.05) is 39.1 Å². The quantitative estimate of drug-likeness (QED) is 0.247. The summed E-state index contributed by atoms with van der Waals surface area (Å²) in [5.41, 5.74) is 8.19. The van der Waals surface area contributed by atoms with Gasteiger partial charge in [-0.05, 0) is 85.0 Å². The molecule has 6 rings (SSSR count). The number of hydrogen-bond acceptors (Lipinski definition) is 3. The number of hydrogen-bond donors (Lipinski definition) is 3. The van der Waals surface area contributed by atoms with Gasteiger partial charge in [0.25, 0.3) is 0 Å². The van der Waals surface area contributed by atoms with E-state index in [1.54, 1.807) is 30.3 Å². The van der Waals surface area contributed by atoms with Crippen molar-refractivity contribution in [2.75, 3.05) is 0 Å². The van der Waals surface area contributed by atoms with Gasteiger partial charge in [-0.25, -0.2) is 14.8 Å². The van der Waals surface area contributed by atoms with Crippen molar-refractivity contribution < 1.29 is 27.0 Å². The maximum atomic E-state index is 10.2. The molecule has 1 radical (unpaired) electrons. The number of aromatic nitrogens is 4. The van der Waals surface area contributed by atoms with Gasteiger partial charge in [-0.3, -0.25) is 0 Å². The Morgan fingerprint density at radius 3 is 1.41 bits per heavy atom. The van der Waals surface area contributed by atoms with Crippen molar-refractivity contribution in [1.29, 1.82) is 0 Å². The summed E-state index contributed by atoms with van der Waals surface area (Å²) in [5.74, 6) is -0.879. The first-order valence-electron chi connectivity index (χ1n) is 10.4. The summed E-state index contributed by atoms with van der Waals surface area (Å²) >= 11 is 0. The van der Waals surface area contributed by atoms with Gasteiger partial charge in [0.2, 0.25) is 0 Å². The van der Waals surface area contributed by atoms with Crippen LogP contribution in [0.25, 0.3) is 46.4 Å². The van der Waals surface area contributed by atoms with Crippen molar-refractivity contribution in [3.05, 3.63) is 107 Å². The van der Waals surface area contributed by atoms with Crippen molar-refractivity contribution in [3.8, 4) is 0 Å². The number of carboxylic acids is 1. The van der Waals surface area contributed by atoms with Gasteiger partial charge in [-0.2, -0.15) is 0 Å². The fourth-order valence-corrected chi connectivity index (χ4v) is 3.52. The number of carboxylic acid groups (broad SMARTS) is 1. The predicted octanol–water partition coefficient (Wildman–Crippen LogP) is 6.04. The molecule has 0 spiro atoms. The topological polar surface area (TPSA) is 94.7 Å². The number of rotatable bonds is 1. The maximum Gasteiger partial charge on any atom is 0.335 e. The van der Waals surface area contributed by atoms with Gasteiger partial charge in [-0.15, -0.1) is 0 Å². The molecule has 6 nitrogen and oxygen atoms in total. The Bertz CT molecular complexity index is 1460. The minimum Gasteiger partial charge on any atom is -0.478 e. The van der Waals surface area contributed by atoms with Crippen LogP contribution in [0.5, 0.6) is 0 Å². The largest absolute Gasteiger partial charge is 0.478 e. The van der Waals surface area contributed by atoms with Gasteiger partial charge in [0.1, 0.15) is 0 Å². The minimum atomic E-state index is -0.879. The van der Waals surface area contributed by atoms with Crippen molar-refractivity contribution in [3.63, 3.8) is 0 Å². The van der Waals surface area contributed by atoms with Crippen LogP contribution in [0, 0.1) is 0 Å². The van der Waals surface area contributed by atoms with E-state index in [2.05, 4.69) is 50.3 Å². The van der Waals surface area contributed by atoms with Crippen LogP contribution in [0.3, 0.4) is 0 Å². The molecule has 0 saturated heterocycles. The molecule has 3 N–H and O–H groups in total. The molecule has 2 aliphatic heterocycles. The molecule has 34 heavy (non-hydrogen) atoms. The van der Waals surface area contributed by atoms with Crippen molar-refractivity contribution in [2.24, 2.45) is 0 Å². The summed E-state index contributed by atoms with van der Waals surface area (Å²) in [6.45, 7) is 0. The van der Waals surface area contributed by atoms with Crippen LogP contribution in [0.4, 0.5) is 0 Å². The monoisotopic (exact) mass is 487 g/mol. The van der Waals surface area contributed by atoms with Crippen LogP contribution >= 0.6 is 0 Å². The third-order valence-electron chi connectivity index (χ3n) is 5.06. The molecule has 0 fully saturated rings. The van der Waals surface area contributed by atoms with E-state index in [4.69, 9.17) is 5.11 Å². The first kappa shape index (κ1) is 23.0. The molecule has 7 heteroatoms. The van der Waals surface area contributed by atoms with Gasteiger partial charge in [0.15, 0.2) is 0 Å². The zero-order valence-corrected chi connectivity index (χ0v) is 19.1. The minimum absolute atomic E-state index is 0. The third kappa shape index (κ3) is 5.59. The average molecular weight is 487 g/mol. The Hall–Kier alpha value is -4.19. The second-order valence-corrected chi connectivity index (χ2v) is 7.58. The molecule has 167 valence electrons. The first-order chi connectivity index (χ1) is 16.1. The molecule has 0 amide bonds. The summed E-state index contributed by atoms with van der Waals surface area (Å²) < 4.78 is 0. The van der Waals surface area contributed by atoms with Crippen LogP contribution in [-0.2, 0) is 17.1 Å². The molecule has 0 atom stereocenters. The Balaban J connectivity index is 0.000000234. The average Bonchev–Trinajstić information content (AvgIpc) is 3.61. The second-order valence-electron chi connectivity index (χ2n) is 7.58. The van der Waals surface area contributed by atoms with E-state index in [-0.39, 0.29) is 17.1 Å².